The Kier molecular flexibility index (Phi) is 8.59. The van der Waals surface area contributed by atoms with E-state index in [1.165, 1.54) is 0 Å². The molecule has 3 N–H and O–H groups in total. The summed E-state index contributed by atoms with van der Waals surface area (Å²) >= 11 is 0. The number of hydrogen-bond donors (Lipinski definition) is 2. The first-order valence-corrected chi connectivity index (χ1v) is 7.43. The number of nitrogens with two attached hydrogens (primary N) is 1. The van der Waals surface area contributed by atoms with E-state index in [0.29, 0.717) is 0 Å². The van der Waals surface area contributed by atoms with Gasteiger partial charge in [0.25, 0.3) is 0 Å². The lowest BCUT2D eigenvalue weighted by atomic mass is 9.99. The second kappa shape index (κ2) is 9.11. The van der Waals surface area contributed by atoms with Crippen molar-refractivity contribution in [1.29, 1.82) is 0 Å². The van der Waals surface area contributed by atoms with Gasteiger partial charge in [0.1, 0.15) is 5.82 Å². The SMILES string of the molecule is CCC(C)C(N)C(=O)NC(C)c1nc2ccccc2n1C.Cl.Cl. The van der Waals surface area contributed by atoms with Crippen molar-refractivity contribution < 1.29 is 4.79 Å². The molecule has 1 heterocycles. The van der Waals surface area contributed by atoms with Crippen LogP contribution in [0.2, 0.25) is 0 Å². The smallest absolute Gasteiger partial charge is 0.237 e. The average Bonchev–Trinajstić information content (AvgIpc) is 2.83. The van der Waals surface area contributed by atoms with Gasteiger partial charge in [0.05, 0.1) is 23.1 Å². The molecule has 0 aliphatic heterocycles. The van der Waals surface area contributed by atoms with Gasteiger partial charge < -0.3 is 15.6 Å². The Morgan fingerprint density at radius 3 is 2.48 bits per heavy atom. The summed E-state index contributed by atoms with van der Waals surface area (Å²) in [6, 6.07) is 7.28. The zero-order valence-corrected chi connectivity index (χ0v) is 15.6. The summed E-state index contributed by atoms with van der Waals surface area (Å²) in [5.74, 6) is 0.877. The van der Waals surface area contributed by atoms with Crippen LogP contribution < -0.4 is 11.1 Å². The summed E-state index contributed by atoms with van der Waals surface area (Å²) in [5, 5.41) is 2.97. The number of fused-ring (bicyclic) bond motifs is 1. The molecule has 0 bridgehead atoms. The maximum atomic E-state index is 12.2. The molecule has 23 heavy (non-hydrogen) atoms. The van der Waals surface area contributed by atoms with Gasteiger partial charge in [-0.3, -0.25) is 4.79 Å². The number of rotatable bonds is 5. The zero-order chi connectivity index (χ0) is 15.6. The fraction of sp³-hybridized carbons (Fsp3) is 0.500. The van der Waals surface area contributed by atoms with E-state index in [9.17, 15) is 4.79 Å². The van der Waals surface area contributed by atoms with Crippen LogP contribution >= 0.6 is 24.8 Å². The molecule has 0 fully saturated rings. The topological polar surface area (TPSA) is 72.9 Å². The number of para-hydroxylation sites is 2. The molecule has 0 spiro atoms. The van der Waals surface area contributed by atoms with Crippen molar-refractivity contribution in [3.63, 3.8) is 0 Å². The number of amides is 1. The number of hydrogen-bond acceptors (Lipinski definition) is 3. The van der Waals surface area contributed by atoms with Crippen LogP contribution in [0.25, 0.3) is 11.0 Å². The largest absolute Gasteiger partial charge is 0.345 e. The molecular formula is C16H26Cl2N4O. The minimum Gasteiger partial charge on any atom is -0.345 e. The minimum atomic E-state index is -0.480. The van der Waals surface area contributed by atoms with E-state index in [2.05, 4.69) is 10.3 Å². The predicted octanol–water partition coefficient (Wildman–Crippen LogP) is 2.97. The molecule has 0 aliphatic rings. The fourth-order valence-electron chi connectivity index (χ4n) is 2.44. The number of carbonyl (C=O) groups is 1. The van der Waals surface area contributed by atoms with Gasteiger partial charge in [-0.15, -0.1) is 24.8 Å². The molecule has 1 aromatic heterocycles. The molecule has 130 valence electrons. The Hall–Kier alpha value is -1.30. The highest BCUT2D eigenvalue weighted by Gasteiger charge is 2.23. The highest BCUT2D eigenvalue weighted by molar-refractivity contribution is 5.85. The third-order valence-electron chi connectivity index (χ3n) is 4.13. The van der Waals surface area contributed by atoms with Gasteiger partial charge in [-0.2, -0.15) is 0 Å². The molecule has 0 aliphatic carbocycles. The van der Waals surface area contributed by atoms with E-state index in [1.54, 1.807) is 0 Å². The fourth-order valence-corrected chi connectivity index (χ4v) is 2.44. The second-order valence-electron chi connectivity index (χ2n) is 5.66. The lowest BCUT2D eigenvalue weighted by molar-refractivity contribution is -0.124. The number of halogens is 2. The first kappa shape index (κ1) is 21.7. The van der Waals surface area contributed by atoms with Gasteiger partial charge in [-0.05, 0) is 25.0 Å². The Bertz CT molecular complexity index is 644. The quantitative estimate of drug-likeness (QED) is 0.860. The van der Waals surface area contributed by atoms with Crippen molar-refractivity contribution in [2.24, 2.45) is 18.7 Å². The number of aryl methyl sites for hydroxylation is 1. The lowest BCUT2D eigenvalue weighted by Crippen LogP contribution is -2.45. The van der Waals surface area contributed by atoms with Crippen LogP contribution in [0, 0.1) is 5.92 Å². The highest BCUT2D eigenvalue weighted by Crippen LogP contribution is 2.19. The Balaban J connectivity index is 0.00000242. The van der Waals surface area contributed by atoms with Crippen LogP contribution in [-0.2, 0) is 11.8 Å². The van der Waals surface area contributed by atoms with Crippen molar-refractivity contribution >= 4 is 41.8 Å². The molecule has 2 aromatic rings. The summed E-state index contributed by atoms with van der Waals surface area (Å²) in [4.78, 5) is 16.8. The van der Waals surface area contributed by atoms with E-state index >= 15 is 0 Å². The lowest BCUT2D eigenvalue weighted by Gasteiger charge is -2.21. The normalized spacial score (nSPS) is 14.3. The maximum Gasteiger partial charge on any atom is 0.237 e. The van der Waals surface area contributed by atoms with Gasteiger partial charge >= 0.3 is 0 Å². The van der Waals surface area contributed by atoms with Crippen molar-refractivity contribution in [3.8, 4) is 0 Å². The first-order chi connectivity index (χ1) is 9.95. The van der Waals surface area contributed by atoms with Gasteiger partial charge in [0.15, 0.2) is 0 Å². The van der Waals surface area contributed by atoms with Gasteiger partial charge in [-0.25, -0.2) is 4.98 Å². The maximum absolute atomic E-state index is 12.2. The van der Waals surface area contributed by atoms with Crippen molar-refractivity contribution in [1.82, 2.24) is 14.9 Å². The van der Waals surface area contributed by atoms with Gasteiger partial charge in [-0.1, -0.05) is 32.4 Å². The van der Waals surface area contributed by atoms with E-state index in [1.807, 2.05) is 56.7 Å². The molecule has 1 aromatic carbocycles. The molecule has 7 heteroatoms. The summed E-state index contributed by atoms with van der Waals surface area (Å²) in [6.07, 6.45) is 0.884. The second-order valence-corrected chi connectivity index (χ2v) is 5.66. The minimum absolute atomic E-state index is 0. The van der Waals surface area contributed by atoms with Crippen LogP contribution in [0.5, 0.6) is 0 Å². The van der Waals surface area contributed by atoms with E-state index < -0.39 is 6.04 Å². The molecular weight excluding hydrogens is 335 g/mol. The molecule has 2 rings (SSSR count). The number of aromatic nitrogens is 2. The van der Waals surface area contributed by atoms with Crippen LogP contribution in [0.3, 0.4) is 0 Å². The first-order valence-electron chi connectivity index (χ1n) is 7.43. The van der Waals surface area contributed by atoms with Crippen molar-refractivity contribution in [2.75, 3.05) is 0 Å². The molecule has 0 saturated heterocycles. The van der Waals surface area contributed by atoms with Crippen molar-refractivity contribution in [3.05, 3.63) is 30.1 Å². The molecule has 5 nitrogen and oxygen atoms in total. The standard InChI is InChI=1S/C16H24N4O.2ClH/c1-5-10(2)14(17)16(21)18-11(3)15-19-12-8-6-7-9-13(12)20(15)4;;/h6-11,14H,5,17H2,1-4H3,(H,18,21);2*1H. The Morgan fingerprint density at radius 2 is 1.91 bits per heavy atom. The number of nitrogens with one attached hydrogen (secondary N) is 1. The Labute approximate surface area is 149 Å². The summed E-state index contributed by atoms with van der Waals surface area (Å²) in [5.41, 5.74) is 7.96. The summed E-state index contributed by atoms with van der Waals surface area (Å²) in [7, 11) is 1.96. The molecule has 1 amide bonds. The summed E-state index contributed by atoms with van der Waals surface area (Å²) in [6.45, 7) is 5.96. The number of nitrogens with zero attached hydrogens (tertiary/aromatic N) is 2. The molecule has 3 atom stereocenters. The Morgan fingerprint density at radius 1 is 1.30 bits per heavy atom. The predicted molar refractivity (Wildman–Crippen MR) is 99.2 cm³/mol. The van der Waals surface area contributed by atoms with Crippen molar-refractivity contribution in [2.45, 2.75) is 39.3 Å². The highest BCUT2D eigenvalue weighted by atomic mass is 35.5. The molecule has 0 saturated carbocycles. The van der Waals surface area contributed by atoms with E-state index in [4.69, 9.17) is 5.73 Å². The third kappa shape index (κ3) is 4.59. The van der Waals surface area contributed by atoms with Crippen LogP contribution in [0.1, 0.15) is 39.1 Å². The van der Waals surface area contributed by atoms with Crippen LogP contribution in [0.15, 0.2) is 24.3 Å². The molecule has 3 unspecified atom stereocenters. The number of imidazole rings is 1. The molecule has 0 radical (unpaired) electrons. The van der Waals surface area contributed by atoms with Gasteiger partial charge in [0.2, 0.25) is 5.91 Å². The number of carbonyl (C=O) groups excluding carboxylic acids is 1. The van der Waals surface area contributed by atoms with Crippen LogP contribution in [0.4, 0.5) is 0 Å². The monoisotopic (exact) mass is 360 g/mol. The number of benzene rings is 1. The van der Waals surface area contributed by atoms with Gasteiger partial charge in [0, 0.05) is 7.05 Å². The average molecular weight is 361 g/mol. The third-order valence-corrected chi connectivity index (χ3v) is 4.13. The summed E-state index contributed by atoms with van der Waals surface area (Å²) < 4.78 is 2.01. The van der Waals surface area contributed by atoms with Crippen LogP contribution in [-0.4, -0.2) is 21.5 Å². The zero-order valence-electron chi connectivity index (χ0n) is 13.9. The van der Waals surface area contributed by atoms with E-state index in [-0.39, 0.29) is 42.7 Å². The van der Waals surface area contributed by atoms with E-state index in [0.717, 1.165) is 23.3 Å².